The van der Waals surface area contributed by atoms with Crippen LogP contribution in [0, 0.1) is 15.9 Å². The average Bonchev–Trinajstić information content (AvgIpc) is 3.47. The Bertz CT molecular complexity index is 1070. The quantitative estimate of drug-likeness (QED) is 0.555. The van der Waals surface area contributed by atoms with E-state index in [0.717, 1.165) is 18.1 Å². The van der Waals surface area contributed by atoms with Gasteiger partial charge in [-0.1, -0.05) is 12.1 Å². The van der Waals surface area contributed by atoms with E-state index in [-0.39, 0.29) is 34.0 Å². The molecule has 0 aromatic heterocycles. The van der Waals surface area contributed by atoms with Gasteiger partial charge in [0.15, 0.2) is 0 Å². The highest BCUT2D eigenvalue weighted by molar-refractivity contribution is 7.89. The van der Waals surface area contributed by atoms with Crippen molar-refractivity contribution in [3.63, 3.8) is 0 Å². The molecule has 1 aliphatic carbocycles. The molecule has 1 saturated heterocycles. The summed E-state index contributed by atoms with van der Waals surface area (Å²) in [5.41, 5.74) is 0.820. The first-order chi connectivity index (χ1) is 14.3. The third-order valence-corrected chi connectivity index (χ3v) is 7.57. The van der Waals surface area contributed by atoms with Gasteiger partial charge in [0.05, 0.1) is 9.82 Å². The number of nitrogens with zero attached hydrogens (tertiary/aromatic N) is 3. The number of rotatable bonds is 6. The Morgan fingerprint density at radius 1 is 1.13 bits per heavy atom. The normalized spacial score (nSPS) is 22.6. The summed E-state index contributed by atoms with van der Waals surface area (Å²) in [5, 5.41) is 14.7. The molecule has 10 heteroatoms. The van der Waals surface area contributed by atoms with E-state index in [2.05, 4.69) is 5.32 Å². The number of sulfonamides is 1. The topological polar surface area (TPSA) is 95.8 Å². The molecule has 4 rings (SSSR count). The lowest BCUT2D eigenvalue weighted by Crippen LogP contribution is -2.47. The molecule has 1 heterocycles. The monoisotopic (exact) mass is 434 g/mol. The molecule has 30 heavy (non-hydrogen) atoms. The molecule has 2 aromatic carbocycles. The maximum Gasteiger partial charge on any atom is 0.293 e. The molecule has 0 amide bonds. The van der Waals surface area contributed by atoms with E-state index in [4.69, 9.17) is 0 Å². The Morgan fingerprint density at radius 3 is 2.53 bits per heavy atom. The fraction of sp³-hybridized carbons (Fsp3) is 0.400. The van der Waals surface area contributed by atoms with Crippen LogP contribution in [-0.4, -0.2) is 61.8 Å². The maximum absolute atomic E-state index is 13.4. The number of likely N-dealkylation sites (N-methyl/N-ethyl adjacent to an activating group) is 1. The summed E-state index contributed by atoms with van der Waals surface area (Å²) in [7, 11) is -1.88. The van der Waals surface area contributed by atoms with Gasteiger partial charge in [0.2, 0.25) is 10.0 Å². The van der Waals surface area contributed by atoms with Crippen molar-refractivity contribution in [3.05, 3.63) is 64.0 Å². The Kier molecular flexibility index (Phi) is 5.48. The highest BCUT2D eigenvalue weighted by Crippen LogP contribution is 2.44. The van der Waals surface area contributed by atoms with Gasteiger partial charge in [-0.2, -0.15) is 4.31 Å². The Hall–Kier alpha value is -2.56. The maximum atomic E-state index is 13.4. The molecule has 160 valence electrons. The number of hydrogen-bond acceptors (Lipinski definition) is 6. The minimum Gasteiger partial charge on any atom is -0.376 e. The summed E-state index contributed by atoms with van der Waals surface area (Å²) in [6, 6.07) is 10.2. The van der Waals surface area contributed by atoms with Crippen molar-refractivity contribution in [2.45, 2.75) is 23.3 Å². The van der Waals surface area contributed by atoms with Gasteiger partial charge in [0.1, 0.15) is 11.5 Å². The van der Waals surface area contributed by atoms with Crippen LogP contribution < -0.4 is 5.32 Å². The molecule has 8 nitrogen and oxygen atoms in total. The lowest BCUT2D eigenvalue weighted by molar-refractivity contribution is -0.384. The molecule has 1 aliphatic heterocycles. The zero-order valence-electron chi connectivity index (χ0n) is 16.5. The van der Waals surface area contributed by atoms with Crippen molar-refractivity contribution in [2.75, 3.05) is 38.5 Å². The molecule has 1 N–H and O–H groups in total. The minimum atomic E-state index is -3.80. The minimum absolute atomic E-state index is 0.0639. The highest BCUT2D eigenvalue weighted by Gasteiger charge is 2.40. The van der Waals surface area contributed by atoms with Gasteiger partial charge in [-0.05, 0) is 43.3 Å². The van der Waals surface area contributed by atoms with E-state index in [1.165, 1.54) is 28.6 Å². The van der Waals surface area contributed by atoms with Gasteiger partial charge in [0, 0.05) is 44.2 Å². The molecule has 2 atom stereocenters. The number of hydrogen-bond donors (Lipinski definition) is 1. The van der Waals surface area contributed by atoms with Crippen molar-refractivity contribution in [2.24, 2.45) is 0 Å². The van der Waals surface area contributed by atoms with E-state index < -0.39 is 14.9 Å². The van der Waals surface area contributed by atoms with Crippen molar-refractivity contribution in [1.29, 1.82) is 0 Å². The molecular formula is C20H23FN4O4S. The molecular weight excluding hydrogens is 411 g/mol. The third kappa shape index (κ3) is 4.16. The van der Waals surface area contributed by atoms with Crippen LogP contribution in [0.5, 0.6) is 0 Å². The fourth-order valence-electron chi connectivity index (χ4n) is 3.78. The zero-order valence-corrected chi connectivity index (χ0v) is 17.3. The molecule has 2 aliphatic rings. The molecule has 2 aromatic rings. The molecule has 0 unspecified atom stereocenters. The fourth-order valence-corrected chi connectivity index (χ4v) is 5.23. The van der Waals surface area contributed by atoms with E-state index in [0.29, 0.717) is 26.2 Å². The second-order valence-corrected chi connectivity index (χ2v) is 9.73. The number of nitro benzene ring substituents is 1. The molecule has 0 bridgehead atoms. The van der Waals surface area contributed by atoms with Gasteiger partial charge in [-0.3, -0.25) is 10.1 Å². The predicted molar refractivity (Wildman–Crippen MR) is 111 cm³/mol. The van der Waals surface area contributed by atoms with Crippen LogP contribution in [0.15, 0.2) is 47.4 Å². The first-order valence-corrected chi connectivity index (χ1v) is 11.2. The first-order valence-electron chi connectivity index (χ1n) is 9.75. The van der Waals surface area contributed by atoms with Gasteiger partial charge < -0.3 is 10.2 Å². The predicted octanol–water partition coefficient (Wildman–Crippen LogP) is 2.64. The summed E-state index contributed by atoms with van der Waals surface area (Å²) in [6.07, 6.45) is 0.724. The summed E-state index contributed by atoms with van der Waals surface area (Å²) in [6.45, 7) is 1.93. The lowest BCUT2D eigenvalue weighted by atomic mass is 10.1. The van der Waals surface area contributed by atoms with Crippen LogP contribution >= 0.6 is 0 Å². The second kappa shape index (κ2) is 7.93. The Labute approximate surface area is 174 Å². The number of piperazine rings is 1. The Balaban J connectivity index is 1.54. The highest BCUT2D eigenvalue weighted by atomic mass is 32.2. The molecule has 2 fully saturated rings. The zero-order chi connectivity index (χ0) is 21.5. The number of nitro groups is 1. The summed E-state index contributed by atoms with van der Waals surface area (Å²) in [4.78, 5) is 13.0. The standard InChI is InChI=1S/C20H23FN4O4S/c1-23-7-9-24(10-8-23)30(28,29)16-5-6-18(20(12-16)25(26)27)22-19-13-17(19)14-3-2-4-15(21)11-14/h2-6,11-12,17,19,22H,7-10,13H2,1H3/t17-,19+/m0/s1. The third-order valence-electron chi connectivity index (χ3n) is 5.67. The van der Waals surface area contributed by atoms with Crippen LogP contribution in [0.2, 0.25) is 0 Å². The van der Waals surface area contributed by atoms with Crippen molar-refractivity contribution in [3.8, 4) is 0 Å². The number of halogens is 1. The Morgan fingerprint density at radius 2 is 1.87 bits per heavy atom. The van der Waals surface area contributed by atoms with Crippen LogP contribution in [0.3, 0.4) is 0 Å². The smallest absolute Gasteiger partial charge is 0.293 e. The van der Waals surface area contributed by atoms with Crippen LogP contribution in [0.1, 0.15) is 17.9 Å². The number of anilines is 1. The van der Waals surface area contributed by atoms with Gasteiger partial charge >= 0.3 is 0 Å². The van der Waals surface area contributed by atoms with Gasteiger partial charge in [0.25, 0.3) is 5.69 Å². The van der Waals surface area contributed by atoms with Crippen LogP contribution in [0.4, 0.5) is 15.8 Å². The van der Waals surface area contributed by atoms with E-state index >= 15 is 0 Å². The van der Waals surface area contributed by atoms with E-state index in [9.17, 15) is 22.9 Å². The average molecular weight is 434 g/mol. The molecule has 0 spiro atoms. The molecule has 0 radical (unpaired) electrons. The van der Waals surface area contributed by atoms with Gasteiger partial charge in [-0.15, -0.1) is 0 Å². The summed E-state index contributed by atoms with van der Waals surface area (Å²) >= 11 is 0. The van der Waals surface area contributed by atoms with Crippen molar-refractivity contribution >= 4 is 21.4 Å². The SMILES string of the molecule is CN1CCN(S(=O)(=O)c2ccc(N[C@@H]3C[C@H]3c3cccc(F)c3)c([N+](=O)[O-])c2)CC1. The van der Waals surface area contributed by atoms with Crippen LogP contribution in [-0.2, 0) is 10.0 Å². The first kappa shape index (κ1) is 20.7. The lowest BCUT2D eigenvalue weighted by Gasteiger charge is -2.31. The summed E-state index contributed by atoms with van der Waals surface area (Å²) < 4.78 is 40.6. The molecule has 1 saturated carbocycles. The largest absolute Gasteiger partial charge is 0.376 e. The number of nitrogens with one attached hydrogen (secondary N) is 1. The van der Waals surface area contributed by atoms with Crippen LogP contribution in [0.25, 0.3) is 0 Å². The van der Waals surface area contributed by atoms with E-state index in [1.54, 1.807) is 6.07 Å². The van der Waals surface area contributed by atoms with Crippen molar-refractivity contribution in [1.82, 2.24) is 9.21 Å². The number of benzene rings is 2. The summed E-state index contributed by atoms with van der Waals surface area (Å²) in [5.74, 6) is -0.253. The van der Waals surface area contributed by atoms with Crippen molar-refractivity contribution < 1.29 is 17.7 Å². The van der Waals surface area contributed by atoms with E-state index in [1.807, 2.05) is 18.0 Å². The second-order valence-electron chi connectivity index (χ2n) is 7.79. The van der Waals surface area contributed by atoms with Gasteiger partial charge in [-0.25, -0.2) is 12.8 Å².